The molecule has 0 spiro atoms. The van der Waals surface area contributed by atoms with Crippen molar-refractivity contribution in [3.8, 4) is 0 Å². The third kappa shape index (κ3) is 5.11. The van der Waals surface area contributed by atoms with Crippen LogP contribution in [0, 0.1) is 11.6 Å². The lowest BCUT2D eigenvalue weighted by atomic mass is 9.99. The van der Waals surface area contributed by atoms with Gasteiger partial charge in [-0.3, -0.25) is 9.59 Å². The fraction of sp³-hybridized carbons (Fsp3) is 0.200. The second-order valence-electron chi connectivity index (χ2n) is 7.69. The molecule has 164 valence electrons. The molecule has 0 fully saturated rings. The third-order valence-corrected chi connectivity index (χ3v) is 5.51. The van der Waals surface area contributed by atoms with Crippen molar-refractivity contribution in [2.24, 2.45) is 0 Å². The van der Waals surface area contributed by atoms with E-state index in [1.54, 1.807) is 0 Å². The fourth-order valence-corrected chi connectivity index (χ4v) is 3.76. The van der Waals surface area contributed by atoms with Gasteiger partial charge in [-0.15, -0.1) is 0 Å². The molecule has 5 nitrogen and oxygen atoms in total. The van der Waals surface area contributed by atoms with Gasteiger partial charge in [0.25, 0.3) is 0 Å². The van der Waals surface area contributed by atoms with Crippen LogP contribution in [0.1, 0.15) is 16.7 Å². The van der Waals surface area contributed by atoms with E-state index in [0.717, 1.165) is 49.0 Å². The van der Waals surface area contributed by atoms with Gasteiger partial charge in [-0.05, 0) is 53.8 Å². The summed E-state index contributed by atoms with van der Waals surface area (Å²) in [6, 6.07) is 19.2. The van der Waals surface area contributed by atoms with E-state index in [9.17, 15) is 18.4 Å². The number of carbonyl (C=O) groups excluding carboxylic acids is 2. The van der Waals surface area contributed by atoms with E-state index in [1.165, 1.54) is 11.1 Å². The van der Waals surface area contributed by atoms with Crippen molar-refractivity contribution >= 4 is 23.2 Å². The van der Waals surface area contributed by atoms with Gasteiger partial charge >= 0.3 is 11.8 Å². The first-order valence-electron chi connectivity index (χ1n) is 10.4. The van der Waals surface area contributed by atoms with Crippen molar-refractivity contribution in [1.82, 2.24) is 5.32 Å². The van der Waals surface area contributed by atoms with Crippen LogP contribution in [0.15, 0.2) is 66.7 Å². The molecule has 0 saturated heterocycles. The number of carbonyl (C=O) groups is 2. The van der Waals surface area contributed by atoms with Crippen molar-refractivity contribution in [1.29, 1.82) is 0 Å². The van der Waals surface area contributed by atoms with Crippen LogP contribution in [0.5, 0.6) is 0 Å². The molecule has 1 aliphatic heterocycles. The second kappa shape index (κ2) is 9.60. The van der Waals surface area contributed by atoms with Gasteiger partial charge in [0.2, 0.25) is 0 Å². The number of fused-ring (bicyclic) bond motifs is 1. The Hall–Kier alpha value is -3.74. The number of anilines is 2. The molecular weight excluding hydrogens is 412 g/mol. The van der Waals surface area contributed by atoms with E-state index in [4.69, 9.17) is 0 Å². The molecule has 32 heavy (non-hydrogen) atoms. The summed E-state index contributed by atoms with van der Waals surface area (Å²) < 4.78 is 26.8. The van der Waals surface area contributed by atoms with Gasteiger partial charge in [0, 0.05) is 31.4 Å². The molecular formula is C25H23F2N3O2. The molecule has 1 aliphatic rings. The molecule has 3 aromatic rings. The topological polar surface area (TPSA) is 61.4 Å². The summed E-state index contributed by atoms with van der Waals surface area (Å²) >= 11 is 0. The molecule has 0 aliphatic carbocycles. The molecule has 0 bridgehead atoms. The van der Waals surface area contributed by atoms with Crippen LogP contribution >= 0.6 is 0 Å². The van der Waals surface area contributed by atoms with E-state index in [2.05, 4.69) is 51.9 Å². The predicted octanol–water partition coefficient (Wildman–Crippen LogP) is 3.82. The van der Waals surface area contributed by atoms with Gasteiger partial charge in [-0.25, -0.2) is 8.78 Å². The Balaban J connectivity index is 1.26. The molecule has 2 amide bonds. The smallest absolute Gasteiger partial charge is 0.313 e. The third-order valence-electron chi connectivity index (χ3n) is 5.51. The molecule has 4 rings (SSSR count). The number of rotatable bonds is 5. The summed E-state index contributed by atoms with van der Waals surface area (Å²) in [5.74, 6) is -3.48. The number of nitrogens with zero attached hydrogens (tertiary/aromatic N) is 1. The Kier molecular flexibility index (Phi) is 6.44. The molecule has 2 N–H and O–H groups in total. The average molecular weight is 435 g/mol. The molecule has 0 radical (unpaired) electrons. The molecule has 0 unspecified atom stereocenters. The number of halogens is 2. The summed E-state index contributed by atoms with van der Waals surface area (Å²) in [5, 5.41) is 4.58. The first-order valence-corrected chi connectivity index (χ1v) is 10.4. The lowest BCUT2D eigenvalue weighted by Gasteiger charge is -2.30. The van der Waals surface area contributed by atoms with Crippen LogP contribution in [0.3, 0.4) is 0 Å². The summed E-state index contributed by atoms with van der Waals surface area (Å²) in [6.07, 6.45) is 1.56. The summed E-state index contributed by atoms with van der Waals surface area (Å²) in [5.41, 5.74) is 4.54. The average Bonchev–Trinajstić information content (AvgIpc) is 2.81. The Morgan fingerprint density at radius 1 is 0.906 bits per heavy atom. The van der Waals surface area contributed by atoms with Crippen LogP contribution < -0.4 is 15.5 Å². The maximum Gasteiger partial charge on any atom is 0.313 e. The minimum atomic E-state index is -1.05. The highest BCUT2D eigenvalue weighted by Gasteiger charge is 2.17. The van der Waals surface area contributed by atoms with Crippen molar-refractivity contribution in [2.45, 2.75) is 19.4 Å². The summed E-state index contributed by atoms with van der Waals surface area (Å²) in [7, 11) is 0. The van der Waals surface area contributed by atoms with Gasteiger partial charge < -0.3 is 15.5 Å². The van der Waals surface area contributed by atoms with Gasteiger partial charge in [-0.1, -0.05) is 36.4 Å². The normalized spacial score (nSPS) is 12.8. The highest BCUT2D eigenvalue weighted by molar-refractivity contribution is 6.39. The summed E-state index contributed by atoms with van der Waals surface area (Å²) in [6.45, 7) is 2.09. The number of nitrogens with one attached hydrogen (secondary N) is 2. The van der Waals surface area contributed by atoms with E-state index in [1.807, 2.05) is 12.1 Å². The largest absolute Gasteiger partial charge is 0.367 e. The Labute approximate surface area is 185 Å². The zero-order valence-corrected chi connectivity index (χ0v) is 17.4. The SMILES string of the molecule is O=C(NCCc1ccc(N2CCc3ccccc3C2)cc1)C(=O)Nc1cc(F)ccc1F. The van der Waals surface area contributed by atoms with Crippen molar-refractivity contribution < 1.29 is 18.4 Å². The van der Waals surface area contributed by atoms with Crippen molar-refractivity contribution in [2.75, 3.05) is 23.3 Å². The number of benzene rings is 3. The maximum atomic E-state index is 13.6. The molecule has 0 atom stereocenters. The van der Waals surface area contributed by atoms with Crippen LogP contribution in [-0.2, 0) is 29.0 Å². The Morgan fingerprint density at radius 3 is 2.44 bits per heavy atom. The van der Waals surface area contributed by atoms with Crippen molar-refractivity contribution in [3.63, 3.8) is 0 Å². The first-order chi connectivity index (χ1) is 15.5. The monoisotopic (exact) mass is 435 g/mol. The minimum absolute atomic E-state index is 0.244. The highest BCUT2D eigenvalue weighted by Crippen LogP contribution is 2.24. The molecule has 7 heteroatoms. The van der Waals surface area contributed by atoms with E-state index >= 15 is 0 Å². The van der Waals surface area contributed by atoms with Crippen LogP contribution in [-0.4, -0.2) is 24.9 Å². The van der Waals surface area contributed by atoms with Gasteiger partial charge in [0.1, 0.15) is 11.6 Å². The Bertz CT molecular complexity index is 1130. The zero-order valence-electron chi connectivity index (χ0n) is 17.4. The highest BCUT2D eigenvalue weighted by atomic mass is 19.1. The van der Waals surface area contributed by atoms with Gasteiger partial charge in [0.05, 0.1) is 5.69 Å². The number of amides is 2. The predicted molar refractivity (Wildman–Crippen MR) is 119 cm³/mol. The van der Waals surface area contributed by atoms with Gasteiger partial charge in [0.15, 0.2) is 0 Å². The lowest BCUT2D eigenvalue weighted by Crippen LogP contribution is -2.36. The molecule has 3 aromatic carbocycles. The zero-order chi connectivity index (χ0) is 22.5. The van der Waals surface area contributed by atoms with Crippen LogP contribution in [0.25, 0.3) is 0 Å². The quantitative estimate of drug-likeness (QED) is 0.599. The molecule has 1 heterocycles. The second-order valence-corrected chi connectivity index (χ2v) is 7.69. The number of hydrogen-bond acceptors (Lipinski definition) is 3. The lowest BCUT2D eigenvalue weighted by molar-refractivity contribution is -0.136. The Morgan fingerprint density at radius 2 is 1.66 bits per heavy atom. The van der Waals surface area contributed by atoms with Crippen LogP contribution in [0.4, 0.5) is 20.2 Å². The maximum absolute atomic E-state index is 13.6. The van der Waals surface area contributed by atoms with Gasteiger partial charge in [-0.2, -0.15) is 0 Å². The first kappa shape index (κ1) is 21.5. The fourth-order valence-electron chi connectivity index (χ4n) is 3.76. The van der Waals surface area contributed by atoms with Crippen LogP contribution in [0.2, 0.25) is 0 Å². The number of hydrogen-bond donors (Lipinski definition) is 2. The molecule has 0 aromatic heterocycles. The molecule has 0 saturated carbocycles. The van der Waals surface area contributed by atoms with Crippen molar-refractivity contribution in [3.05, 3.63) is 95.1 Å². The standard InChI is InChI=1S/C25H23F2N3O2/c26-20-7-10-22(27)23(15-20)29-25(32)24(31)28-13-11-17-5-8-21(9-6-17)30-14-12-18-3-1-2-4-19(18)16-30/h1-10,15H,11-14,16H2,(H,28,31)(H,29,32). The summed E-state index contributed by atoms with van der Waals surface area (Å²) in [4.78, 5) is 26.2. The van der Waals surface area contributed by atoms with E-state index in [0.29, 0.717) is 6.42 Å². The van der Waals surface area contributed by atoms with E-state index < -0.39 is 23.4 Å². The minimum Gasteiger partial charge on any atom is -0.367 e. The van der Waals surface area contributed by atoms with E-state index in [-0.39, 0.29) is 12.2 Å².